The predicted molar refractivity (Wildman–Crippen MR) is 84.5 cm³/mol. The van der Waals surface area contributed by atoms with Crippen LogP contribution in [0.25, 0.3) is 0 Å². The molecule has 116 valence electrons. The van der Waals surface area contributed by atoms with Gasteiger partial charge in [-0.2, -0.15) is 0 Å². The molecular formula is C18H16N2O3. The Kier molecular flexibility index (Phi) is 3.93. The summed E-state index contributed by atoms with van der Waals surface area (Å²) >= 11 is 0. The average Bonchev–Trinajstić information content (AvgIpc) is 2.54. The lowest BCUT2D eigenvalue weighted by Crippen LogP contribution is -2.56. The maximum absolute atomic E-state index is 12.7. The van der Waals surface area contributed by atoms with E-state index in [9.17, 15) is 14.4 Å². The third-order valence-corrected chi connectivity index (χ3v) is 3.84. The molecule has 23 heavy (non-hydrogen) atoms. The van der Waals surface area contributed by atoms with Crippen LogP contribution in [0.2, 0.25) is 0 Å². The van der Waals surface area contributed by atoms with Crippen molar-refractivity contribution in [2.45, 2.75) is 19.4 Å². The van der Waals surface area contributed by atoms with E-state index in [1.165, 1.54) is 0 Å². The van der Waals surface area contributed by atoms with E-state index in [0.29, 0.717) is 5.56 Å². The zero-order valence-electron chi connectivity index (χ0n) is 12.7. The topological polar surface area (TPSA) is 66.5 Å². The van der Waals surface area contributed by atoms with Crippen molar-refractivity contribution in [1.82, 2.24) is 10.2 Å². The first kappa shape index (κ1) is 15.0. The molecular weight excluding hydrogens is 292 g/mol. The Bertz CT molecular complexity index is 754. The van der Waals surface area contributed by atoms with Crippen molar-refractivity contribution >= 4 is 17.8 Å². The van der Waals surface area contributed by atoms with Gasteiger partial charge in [-0.1, -0.05) is 60.2 Å². The molecule has 0 spiro atoms. The van der Waals surface area contributed by atoms with Crippen molar-refractivity contribution in [3.63, 3.8) is 0 Å². The first-order chi connectivity index (χ1) is 11.1. The third kappa shape index (κ3) is 2.99. The highest BCUT2D eigenvalue weighted by atomic mass is 16.2. The number of rotatable bonds is 3. The van der Waals surface area contributed by atoms with Crippen LogP contribution in [0.1, 0.15) is 22.6 Å². The van der Waals surface area contributed by atoms with Gasteiger partial charge in [0.2, 0.25) is 11.8 Å². The van der Waals surface area contributed by atoms with Crippen molar-refractivity contribution < 1.29 is 14.4 Å². The summed E-state index contributed by atoms with van der Waals surface area (Å²) < 4.78 is 0. The highest BCUT2D eigenvalue weighted by Gasteiger charge is 2.41. The van der Waals surface area contributed by atoms with Crippen LogP contribution in [0.4, 0.5) is 4.79 Å². The lowest BCUT2D eigenvalue weighted by atomic mass is 9.94. The summed E-state index contributed by atoms with van der Waals surface area (Å²) in [7, 11) is 0. The maximum Gasteiger partial charge on any atom is 0.331 e. The van der Waals surface area contributed by atoms with Gasteiger partial charge in [-0.05, 0) is 18.1 Å². The van der Waals surface area contributed by atoms with E-state index in [-0.39, 0.29) is 6.54 Å². The Morgan fingerprint density at radius 3 is 2.26 bits per heavy atom. The van der Waals surface area contributed by atoms with Crippen LogP contribution in [-0.2, 0) is 16.1 Å². The van der Waals surface area contributed by atoms with Gasteiger partial charge >= 0.3 is 6.03 Å². The van der Waals surface area contributed by atoms with Crippen molar-refractivity contribution in [1.29, 1.82) is 0 Å². The number of carbonyl (C=O) groups excluding carboxylic acids is 3. The van der Waals surface area contributed by atoms with Crippen LogP contribution in [0, 0.1) is 6.92 Å². The summed E-state index contributed by atoms with van der Waals surface area (Å²) in [5.41, 5.74) is 2.45. The second-order valence-electron chi connectivity index (χ2n) is 5.55. The van der Waals surface area contributed by atoms with Gasteiger partial charge in [-0.15, -0.1) is 0 Å². The minimum absolute atomic E-state index is 0.140. The van der Waals surface area contributed by atoms with Crippen molar-refractivity contribution in [3.05, 3.63) is 71.3 Å². The zero-order valence-corrected chi connectivity index (χ0v) is 12.7. The Morgan fingerprint density at radius 2 is 1.61 bits per heavy atom. The quantitative estimate of drug-likeness (QED) is 0.885. The summed E-state index contributed by atoms with van der Waals surface area (Å²) in [6.07, 6.45) is 0. The fourth-order valence-corrected chi connectivity index (χ4v) is 2.58. The van der Waals surface area contributed by atoms with E-state index < -0.39 is 23.8 Å². The molecule has 3 rings (SSSR count). The van der Waals surface area contributed by atoms with E-state index in [4.69, 9.17) is 0 Å². The molecule has 1 heterocycles. The van der Waals surface area contributed by atoms with Crippen LogP contribution in [0.15, 0.2) is 54.6 Å². The molecule has 4 amide bonds. The van der Waals surface area contributed by atoms with Crippen molar-refractivity contribution in [2.75, 3.05) is 0 Å². The summed E-state index contributed by atoms with van der Waals surface area (Å²) in [4.78, 5) is 37.9. The van der Waals surface area contributed by atoms with E-state index in [1.54, 1.807) is 12.1 Å². The normalized spacial score (nSPS) is 18.0. The molecule has 1 atom stereocenters. The van der Waals surface area contributed by atoms with Gasteiger partial charge in [0.1, 0.15) is 5.92 Å². The van der Waals surface area contributed by atoms with Gasteiger partial charge in [0.15, 0.2) is 0 Å². The fourth-order valence-electron chi connectivity index (χ4n) is 2.58. The standard InChI is InChI=1S/C18H16N2O3/c1-12-7-9-14(10-8-12)15-16(21)19-18(23)20(17(15)22)11-13-5-3-2-4-6-13/h2-10,15H,11H2,1H3,(H,19,21,23). The van der Waals surface area contributed by atoms with E-state index >= 15 is 0 Å². The number of aryl methyl sites for hydroxylation is 1. The lowest BCUT2D eigenvalue weighted by molar-refractivity contribution is -0.139. The van der Waals surface area contributed by atoms with Gasteiger partial charge < -0.3 is 0 Å². The molecule has 2 aromatic carbocycles. The lowest BCUT2D eigenvalue weighted by Gasteiger charge is -2.30. The monoisotopic (exact) mass is 308 g/mol. The molecule has 1 N–H and O–H groups in total. The number of urea groups is 1. The third-order valence-electron chi connectivity index (χ3n) is 3.84. The molecule has 1 aliphatic rings. The first-order valence-corrected chi connectivity index (χ1v) is 7.33. The van der Waals surface area contributed by atoms with Crippen molar-refractivity contribution in [3.8, 4) is 0 Å². The molecule has 0 aliphatic carbocycles. The SMILES string of the molecule is Cc1ccc(C2C(=O)NC(=O)N(Cc3ccccc3)C2=O)cc1. The number of amides is 4. The number of hydrogen-bond acceptors (Lipinski definition) is 3. The molecule has 5 heteroatoms. The Labute approximate surface area is 133 Å². The number of imide groups is 2. The van der Waals surface area contributed by atoms with Crippen LogP contribution < -0.4 is 5.32 Å². The summed E-state index contributed by atoms with van der Waals surface area (Å²) in [5, 5.41) is 2.27. The minimum Gasteiger partial charge on any atom is -0.277 e. The minimum atomic E-state index is -0.989. The Balaban J connectivity index is 1.89. The van der Waals surface area contributed by atoms with Gasteiger partial charge in [0.05, 0.1) is 6.54 Å². The number of nitrogens with one attached hydrogen (secondary N) is 1. The van der Waals surface area contributed by atoms with Crippen molar-refractivity contribution in [2.24, 2.45) is 0 Å². The number of nitrogens with zero attached hydrogens (tertiary/aromatic N) is 1. The molecule has 2 aromatic rings. The second kappa shape index (κ2) is 6.04. The molecule has 0 aromatic heterocycles. The van der Waals surface area contributed by atoms with E-state index in [2.05, 4.69) is 5.32 Å². The molecule has 0 saturated carbocycles. The van der Waals surface area contributed by atoms with E-state index in [0.717, 1.165) is 16.0 Å². The molecule has 0 radical (unpaired) electrons. The summed E-state index contributed by atoms with van der Waals surface area (Å²) in [5.74, 6) is -2.06. The number of hydrogen-bond donors (Lipinski definition) is 1. The average molecular weight is 308 g/mol. The Hall–Kier alpha value is -2.95. The van der Waals surface area contributed by atoms with Crippen LogP contribution in [0.3, 0.4) is 0 Å². The largest absolute Gasteiger partial charge is 0.331 e. The van der Waals surface area contributed by atoms with Crippen LogP contribution >= 0.6 is 0 Å². The van der Waals surface area contributed by atoms with Crippen LogP contribution in [0.5, 0.6) is 0 Å². The summed E-state index contributed by atoms with van der Waals surface area (Å²) in [6.45, 7) is 2.07. The number of barbiturate groups is 1. The molecule has 1 saturated heterocycles. The molecule has 1 fully saturated rings. The molecule has 1 aliphatic heterocycles. The van der Waals surface area contributed by atoms with Gasteiger partial charge in [-0.3, -0.25) is 19.8 Å². The number of benzene rings is 2. The highest BCUT2D eigenvalue weighted by molar-refractivity contribution is 6.19. The first-order valence-electron chi connectivity index (χ1n) is 7.33. The summed E-state index contributed by atoms with van der Waals surface area (Å²) in [6, 6.07) is 15.7. The van der Waals surface area contributed by atoms with Gasteiger partial charge in [-0.25, -0.2) is 4.79 Å². The molecule has 0 bridgehead atoms. The highest BCUT2D eigenvalue weighted by Crippen LogP contribution is 2.24. The smallest absolute Gasteiger partial charge is 0.277 e. The van der Waals surface area contributed by atoms with Gasteiger partial charge in [0.25, 0.3) is 0 Å². The Morgan fingerprint density at radius 1 is 0.957 bits per heavy atom. The molecule has 5 nitrogen and oxygen atoms in total. The van der Waals surface area contributed by atoms with Gasteiger partial charge in [0, 0.05) is 0 Å². The second-order valence-corrected chi connectivity index (χ2v) is 5.55. The van der Waals surface area contributed by atoms with E-state index in [1.807, 2.05) is 49.4 Å². The molecule has 1 unspecified atom stereocenters. The zero-order chi connectivity index (χ0) is 16.4. The van der Waals surface area contributed by atoms with Crippen LogP contribution in [-0.4, -0.2) is 22.7 Å². The number of carbonyl (C=O) groups is 3. The maximum atomic E-state index is 12.7. The fraction of sp³-hybridized carbons (Fsp3) is 0.167. The predicted octanol–water partition coefficient (Wildman–Crippen LogP) is 2.36.